The first-order valence-electron chi connectivity index (χ1n) is 13.1. The predicted octanol–water partition coefficient (Wildman–Crippen LogP) is 6.45. The molecular formula is C30H30N6. The Kier molecular flexibility index (Phi) is 5.21. The van der Waals surface area contributed by atoms with Crippen molar-refractivity contribution in [2.45, 2.75) is 44.2 Å². The van der Waals surface area contributed by atoms with Crippen molar-refractivity contribution in [3.8, 4) is 11.3 Å². The van der Waals surface area contributed by atoms with E-state index < -0.39 is 0 Å². The van der Waals surface area contributed by atoms with Crippen LogP contribution in [0.25, 0.3) is 27.7 Å². The normalized spacial score (nSPS) is 17.8. The molecule has 3 aromatic heterocycles. The Morgan fingerprint density at radius 2 is 1.69 bits per heavy atom. The lowest BCUT2D eigenvalue weighted by atomic mass is 9.80. The van der Waals surface area contributed by atoms with E-state index in [0.717, 1.165) is 65.1 Å². The zero-order valence-electron chi connectivity index (χ0n) is 20.4. The average Bonchev–Trinajstić information content (AvgIpc) is 3.41. The van der Waals surface area contributed by atoms with Gasteiger partial charge in [0.05, 0.1) is 29.4 Å². The van der Waals surface area contributed by atoms with E-state index >= 15 is 0 Å². The Balaban J connectivity index is 1.41. The molecule has 36 heavy (non-hydrogen) atoms. The number of pyridine rings is 1. The van der Waals surface area contributed by atoms with E-state index in [2.05, 4.69) is 73.8 Å². The molecule has 1 saturated heterocycles. The number of likely N-dealkylation sites (tertiary alicyclic amines) is 1. The molecule has 6 nitrogen and oxygen atoms in total. The van der Waals surface area contributed by atoms with Crippen molar-refractivity contribution in [3.05, 3.63) is 85.6 Å². The summed E-state index contributed by atoms with van der Waals surface area (Å²) in [5.41, 5.74) is 5.25. The molecule has 180 valence electrons. The summed E-state index contributed by atoms with van der Waals surface area (Å²) in [4.78, 5) is 19.7. The molecule has 7 rings (SSSR count). The van der Waals surface area contributed by atoms with Crippen molar-refractivity contribution in [1.82, 2.24) is 24.3 Å². The molecule has 0 amide bonds. The van der Waals surface area contributed by atoms with Crippen molar-refractivity contribution in [2.75, 3.05) is 18.0 Å². The largest absolute Gasteiger partial charge is 0.306 e. The lowest BCUT2D eigenvalue weighted by Gasteiger charge is -2.57. The van der Waals surface area contributed by atoms with Crippen LogP contribution in [0.2, 0.25) is 0 Å². The summed E-state index contributed by atoms with van der Waals surface area (Å²) >= 11 is 0. The van der Waals surface area contributed by atoms with Crippen LogP contribution in [-0.4, -0.2) is 43.0 Å². The summed E-state index contributed by atoms with van der Waals surface area (Å²) in [5.74, 6) is 0.971. The van der Waals surface area contributed by atoms with Crippen molar-refractivity contribution in [3.63, 3.8) is 0 Å². The molecule has 1 saturated carbocycles. The zero-order chi connectivity index (χ0) is 24.0. The van der Waals surface area contributed by atoms with Crippen LogP contribution in [0.1, 0.15) is 38.5 Å². The number of hydrogen-bond acceptors (Lipinski definition) is 5. The SMILES string of the molecule is c1ccc(-c2ccc3ccc(N(c4nccn5cncc45)C4(N5CCCCC5)CCC4)cc3n2)cc1. The van der Waals surface area contributed by atoms with E-state index in [1.807, 2.05) is 31.0 Å². The van der Waals surface area contributed by atoms with Gasteiger partial charge in [0.25, 0.3) is 0 Å². The molecule has 0 bridgehead atoms. The Morgan fingerprint density at radius 3 is 2.50 bits per heavy atom. The summed E-state index contributed by atoms with van der Waals surface area (Å²) in [5, 5.41) is 1.15. The number of rotatable bonds is 5. The van der Waals surface area contributed by atoms with Crippen LogP contribution in [-0.2, 0) is 0 Å². The number of fused-ring (bicyclic) bond motifs is 2. The highest BCUT2D eigenvalue weighted by Crippen LogP contribution is 2.48. The van der Waals surface area contributed by atoms with Gasteiger partial charge in [0.1, 0.15) is 5.52 Å². The Hall–Kier alpha value is -3.77. The van der Waals surface area contributed by atoms with E-state index in [1.54, 1.807) is 0 Å². The van der Waals surface area contributed by atoms with Gasteiger partial charge in [-0.25, -0.2) is 15.0 Å². The van der Waals surface area contributed by atoms with Gasteiger partial charge >= 0.3 is 0 Å². The number of nitrogens with zero attached hydrogens (tertiary/aromatic N) is 6. The molecule has 1 aliphatic carbocycles. The highest BCUT2D eigenvalue weighted by molar-refractivity contribution is 5.87. The second-order valence-corrected chi connectivity index (χ2v) is 10.1. The standard InChI is InChI=1S/C30H30N6/c1-3-8-23(9-4-1)26-13-11-24-10-12-25(20-27(24)33-26)36(29-28-21-31-22-34(28)19-16-32-29)30(14-7-15-30)35-17-5-2-6-18-35/h1,3-4,8-13,16,19-22H,2,5-7,14-15,17-18H2. The van der Waals surface area contributed by atoms with E-state index in [1.165, 1.54) is 25.7 Å². The topological polar surface area (TPSA) is 49.6 Å². The van der Waals surface area contributed by atoms with E-state index in [4.69, 9.17) is 9.97 Å². The van der Waals surface area contributed by atoms with E-state index in [-0.39, 0.29) is 5.66 Å². The molecule has 0 N–H and O–H groups in total. The third-order valence-corrected chi connectivity index (χ3v) is 8.05. The number of hydrogen-bond donors (Lipinski definition) is 0. The number of piperidine rings is 1. The molecule has 0 unspecified atom stereocenters. The maximum absolute atomic E-state index is 5.09. The lowest BCUT2D eigenvalue weighted by Crippen LogP contribution is -2.64. The van der Waals surface area contributed by atoms with Crippen molar-refractivity contribution >= 4 is 27.9 Å². The van der Waals surface area contributed by atoms with Crippen molar-refractivity contribution in [1.29, 1.82) is 0 Å². The number of aromatic nitrogens is 4. The number of anilines is 2. The fourth-order valence-electron chi connectivity index (χ4n) is 6.07. The molecule has 4 heterocycles. The highest BCUT2D eigenvalue weighted by atomic mass is 15.4. The first-order chi connectivity index (χ1) is 17.8. The maximum Gasteiger partial charge on any atom is 0.160 e. The zero-order valence-corrected chi connectivity index (χ0v) is 20.4. The van der Waals surface area contributed by atoms with Gasteiger partial charge in [-0.15, -0.1) is 0 Å². The van der Waals surface area contributed by atoms with Gasteiger partial charge < -0.3 is 9.30 Å². The first-order valence-corrected chi connectivity index (χ1v) is 13.1. The minimum atomic E-state index is -0.0652. The van der Waals surface area contributed by atoms with Crippen LogP contribution in [0.15, 0.2) is 85.6 Å². The van der Waals surface area contributed by atoms with Gasteiger partial charge in [0, 0.05) is 42.1 Å². The quantitative estimate of drug-likeness (QED) is 0.293. The van der Waals surface area contributed by atoms with E-state index in [9.17, 15) is 0 Å². The molecule has 1 aliphatic heterocycles. The maximum atomic E-state index is 5.09. The van der Waals surface area contributed by atoms with Crippen molar-refractivity contribution < 1.29 is 0 Å². The molecule has 5 aromatic rings. The number of imidazole rings is 1. The van der Waals surface area contributed by atoms with E-state index in [0.29, 0.717) is 0 Å². The Morgan fingerprint density at radius 1 is 0.861 bits per heavy atom. The van der Waals surface area contributed by atoms with Crippen molar-refractivity contribution in [2.24, 2.45) is 0 Å². The second kappa shape index (κ2) is 8.71. The fourth-order valence-corrected chi connectivity index (χ4v) is 6.07. The Bertz CT molecular complexity index is 1510. The van der Waals surface area contributed by atoms with Crippen LogP contribution in [0.3, 0.4) is 0 Å². The van der Waals surface area contributed by atoms with Crippen LogP contribution < -0.4 is 4.90 Å². The summed E-state index contributed by atoms with van der Waals surface area (Å²) in [6.45, 7) is 2.28. The molecule has 0 spiro atoms. The third-order valence-electron chi connectivity index (χ3n) is 8.05. The molecule has 2 fully saturated rings. The summed E-state index contributed by atoms with van der Waals surface area (Å²) in [6, 6.07) is 21.4. The minimum Gasteiger partial charge on any atom is -0.306 e. The molecule has 2 aliphatic rings. The lowest BCUT2D eigenvalue weighted by molar-refractivity contribution is 0.00715. The predicted molar refractivity (Wildman–Crippen MR) is 144 cm³/mol. The second-order valence-electron chi connectivity index (χ2n) is 10.1. The minimum absolute atomic E-state index is 0.0652. The number of benzene rings is 2. The van der Waals surface area contributed by atoms with Crippen LogP contribution in [0, 0.1) is 0 Å². The van der Waals surface area contributed by atoms with Gasteiger partial charge in [-0.3, -0.25) is 4.90 Å². The van der Waals surface area contributed by atoms with Gasteiger partial charge in [-0.05, 0) is 50.3 Å². The van der Waals surface area contributed by atoms with Gasteiger partial charge in [-0.1, -0.05) is 48.9 Å². The summed E-state index contributed by atoms with van der Waals surface area (Å²) < 4.78 is 2.07. The Labute approximate surface area is 211 Å². The molecule has 0 radical (unpaired) electrons. The fraction of sp³-hybridized carbons (Fsp3) is 0.300. The van der Waals surface area contributed by atoms with Crippen LogP contribution in [0.4, 0.5) is 11.5 Å². The van der Waals surface area contributed by atoms with Crippen LogP contribution >= 0.6 is 0 Å². The molecule has 6 heteroatoms. The molecule has 2 aromatic carbocycles. The molecular weight excluding hydrogens is 444 g/mol. The summed E-state index contributed by atoms with van der Waals surface area (Å²) in [6.07, 6.45) is 15.0. The van der Waals surface area contributed by atoms with Gasteiger partial charge in [0.2, 0.25) is 0 Å². The molecule has 0 atom stereocenters. The summed E-state index contributed by atoms with van der Waals surface area (Å²) in [7, 11) is 0. The third kappa shape index (κ3) is 3.47. The monoisotopic (exact) mass is 474 g/mol. The first kappa shape index (κ1) is 21.5. The average molecular weight is 475 g/mol. The highest BCUT2D eigenvalue weighted by Gasteiger charge is 2.49. The van der Waals surface area contributed by atoms with Gasteiger partial charge in [-0.2, -0.15) is 0 Å². The smallest absolute Gasteiger partial charge is 0.160 e. The van der Waals surface area contributed by atoms with Crippen LogP contribution in [0.5, 0.6) is 0 Å². The van der Waals surface area contributed by atoms with Gasteiger partial charge in [0.15, 0.2) is 5.82 Å².